The summed E-state index contributed by atoms with van der Waals surface area (Å²) in [5.41, 5.74) is 10.4. The van der Waals surface area contributed by atoms with Crippen molar-refractivity contribution in [2.24, 2.45) is 17.8 Å². The minimum atomic E-state index is 0.774. The van der Waals surface area contributed by atoms with Gasteiger partial charge < -0.3 is 4.74 Å². The van der Waals surface area contributed by atoms with Crippen LogP contribution >= 0.6 is 0 Å². The number of aryl methyl sites for hydroxylation is 1. The molecule has 0 spiro atoms. The summed E-state index contributed by atoms with van der Waals surface area (Å²) in [4.78, 5) is 0. The number of methoxy groups -OCH3 is 1. The van der Waals surface area contributed by atoms with E-state index in [9.17, 15) is 0 Å². The molecule has 0 aromatic heterocycles. The Morgan fingerprint density at radius 2 is 1.14 bits per heavy atom. The van der Waals surface area contributed by atoms with E-state index in [0.717, 1.165) is 36.3 Å². The summed E-state index contributed by atoms with van der Waals surface area (Å²) < 4.78 is 5.29. The zero-order valence-electron chi connectivity index (χ0n) is 27.6. The standard InChI is InChI=1S/C15H20O.C15H20.C11H16/c1-11(2)4-5-12-6-7-13-8-9-14(16-3)10-15(12)13;1-12(2)6-5-8-14-11-10-13-7-3-4-9-15(13)14;1-10(2)8-9-11-6-4-3-5-7-11/h6,8-11H,4-5,7H2,1-3H3;3-4,7,9,11-12H,5-6,8,10H2,1-2H3;3-7,10H,8-9H2,1-2H3. The van der Waals surface area contributed by atoms with Crippen molar-refractivity contribution in [2.75, 3.05) is 7.11 Å². The molecule has 0 radical (unpaired) electrons. The van der Waals surface area contributed by atoms with Gasteiger partial charge in [-0.05, 0) is 120 Å². The second-order valence-electron chi connectivity index (χ2n) is 13.2. The van der Waals surface area contributed by atoms with Crippen LogP contribution in [0.5, 0.6) is 5.75 Å². The topological polar surface area (TPSA) is 9.23 Å². The first-order valence-electron chi connectivity index (χ1n) is 16.4. The summed E-state index contributed by atoms with van der Waals surface area (Å²) in [6.45, 7) is 13.7. The molecule has 0 heterocycles. The van der Waals surface area contributed by atoms with E-state index in [1.165, 1.54) is 78.3 Å². The van der Waals surface area contributed by atoms with E-state index >= 15 is 0 Å². The third kappa shape index (κ3) is 11.3. The Morgan fingerprint density at radius 3 is 1.79 bits per heavy atom. The lowest BCUT2D eigenvalue weighted by Crippen LogP contribution is -1.91. The number of hydrogen-bond donors (Lipinski definition) is 0. The van der Waals surface area contributed by atoms with E-state index in [0.29, 0.717) is 0 Å². The lowest BCUT2D eigenvalue weighted by Gasteiger charge is -2.09. The molecule has 3 aromatic carbocycles. The Labute approximate surface area is 258 Å². The largest absolute Gasteiger partial charge is 0.497 e. The molecule has 1 heteroatoms. The first-order chi connectivity index (χ1) is 20.3. The Morgan fingerprint density at radius 1 is 0.571 bits per heavy atom. The molecule has 0 unspecified atom stereocenters. The van der Waals surface area contributed by atoms with E-state index in [1.54, 1.807) is 12.7 Å². The molecule has 0 aliphatic heterocycles. The molecule has 226 valence electrons. The predicted octanol–water partition coefficient (Wildman–Crippen LogP) is 11.8. The van der Waals surface area contributed by atoms with Gasteiger partial charge >= 0.3 is 0 Å². The highest BCUT2D eigenvalue weighted by Gasteiger charge is 2.15. The van der Waals surface area contributed by atoms with E-state index in [2.05, 4.69) is 126 Å². The minimum Gasteiger partial charge on any atom is -0.497 e. The normalized spacial score (nSPS) is 13.1. The van der Waals surface area contributed by atoms with Crippen LogP contribution in [0, 0.1) is 17.8 Å². The van der Waals surface area contributed by atoms with Crippen LogP contribution in [0.2, 0.25) is 0 Å². The maximum Gasteiger partial charge on any atom is 0.119 e. The molecule has 0 atom stereocenters. The number of hydrogen-bond acceptors (Lipinski definition) is 1. The Balaban J connectivity index is 0.000000176. The Hall–Kier alpha value is -3.06. The molecular formula is C41H56O. The monoisotopic (exact) mass is 564 g/mol. The van der Waals surface area contributed by atoms with Crippen molar-refractivity contribution >= 4 is 11.1 Å². The van der Waals surface area contributed by atoms with Crippen molar-refractivity contribution in [2.45, 2.75) is 99.3 Å². The van der Waals surface area contributed by atoms with E-state index in [-0.39, 0.29) is 0 Å². The van der Waals surface area contributed by atoms with Crippen LogP contribution in [0.3, 0.4) is 0 Å². The van der Waals surface area contributed by atoms with Gasteiger partial charge in [0.1, 0.15) is 5.75 Å². The zero-order valence-corrected chi connectivity index (χ0v) is 27.6. The second-order valence-corrected chi connectivity index (χ2v) is 13.2. The van der Waals surface area contributed by atoms with E-state index in [4.69, 9.17) is 4.74 Å². The average Bonchev–Trinajstić information content (AvgIpc) is 3.59. The fraction of sp³-hybridized carbons (Fsp3) is 0.463. The third-order valence-corrected chi connectivity index (χ3v) is 8.23. The number of benzene rings is 3. The third-order valence-electron chi connectivity index (χ3n) is 8.23. The van der Waals surface area contributed by atoms with Crippen LogP contribution in [0.25, 0.3) is 11.1 Å². The Kier molecular flexibility index (Phi) is 14.2. The van der Waals surface area contributed by atoms with Gasteiger partial charge in [0.15, 0.2) is 0 Å². The summed E-state index contributed by atoms with van der Waals surface area (Å²) in [5.74, 6) is 3.39. The van der Waals surface area contributed by atoms with Gasteiger partial charge in [0.25, 0.3) is 0 Å². The Bertz CT molecular complexity index is 1260. The number of ether oxygens (including phenoxy) is 1. The molecule has 0 N–H and O–H groups in total. The number of rotatable bonds is 11. The summed E-state index contributed by atoms with van der Waals surface area (Å²) in [7, 11) is 1.73. The van der Waals surface area contributed by atoms with Crippen molar-refractivity contribution in [1.82, 2.24) is 0 Å². The first kappa shape index (κ1) is 33.4. The molecule has 1 nitrogen and oxygen atoms in total. The molecule has 3 aromatic rings. The molecule has 2 aliphatic carbocycles. The quantitative estimate of drug-likeness (QED) is 0.225. The minimum absolute atomic E-state index is 0.774. The lowest BCUT2D eigenvalue weighted by molar-refractivity contribution is 0.414. The molecular weight excluding hydrogens is 508 g/mol. The summed E-state index contributed by atoms with van der Waals surface area (Å²) >= 11 is 0. The van der Waals surface area contributed by atoms with E-state index < -0.39 is 0 Å². The number of allylic oxidation sites excluding steroid dienone is 4. The molecule has 5 rings (SSSR count). The summed E-state index contributed by atoms with van der Waals surface area (Å²) in [5, 5.41) is 0. The molecule has 0 fully saturated rings. The molecule has 0 saturated carbocycles. The maximum absolute atomic E-state index is 5.29. The number of fused-ring (bicyclic) bond motifs is 2. The van der Waals surface area contributed by atoms with Crippen LogP contribution in [0.1, 0.15) is 108 Å². The second kappa shape index (κ2) is 17.8. The van der Waals surface area contributed by atoms with Crippen LogP contribution in [0.15, 0.2) is 84.9 Å². The predicted molar refractivity (Wildman–Crippen MR) is 185 cm³/mol. The van der Waals surface area contributed by atoms with Gasteiger partial charge in [-0.15, -0.1) is 0 Å². The van der Waals surface area contributed by atoms with Crippen molar-refractivity contribution in [3.05, 3.63) is 113 Å². The fourth-order valence-electron chi connectivity index (χ4n) is 5.58. The molecule has 2 aliphatic rings. The van der Waals surface area contributed by atoms with Gasteiger partial charge in [-0.2, -0.15) is 0 Å². The average molecular weight is 565 g/mol. The highest BCUT2D eigenvalue weighted by atomic mass is 16.5. The van der Waals surface area contributed by atoms with Crippen LogP contribution < -0.4 is 4.74 Å². The van der Waals surface area contributed by atoms with Crippen molar-refractivity contribution < 1.29 is 4.74 Å². The van der Waals surface area contributed by atoms with Gasteiger partial charge in [-0.25, -0.2) is 0 Å². The van der Waals surface area contributed by atoms with Crippen LogP contribution in [0.4, 0.5) is 0 Å². The molecule has 42 heavy (non-hydrogen) atoms. The van der Waals surface area contributed by atoms with Crippen molar-refractivity contribution in [3.8, 4) is 5.75 Å². The first-order valence-corrected chi connectivity index (χ1v) is 16.4. The van der Waals surface area contributed by atoms with Gasteiger partial charge in [0.2, 0.25) is 0 Å². The molecule has 0 bridgehead atoms. The van der Waals surface area contributed by atoms with Gasteiger partial charge in [0, 0.05) is 0 Å². The maximum atomic E-state index is 5.29. The van der Waals surface area contributed by atoms with Gasteiger partial charge in [-0.3, -0.25) is 0 Å². The summed E-state index contributed by atoms with van der Waals surface area (Å²) in [6, 6.07) is 25.9. The van der Waals surface area contributed by atoms with Gasteiger partial charge in [0.05, 0.1) is 7.11 Å². The summed E-state index contributed by atoms with van der Waals surface area (Å²) in [6.07, 6.45) is 15.9. The zero-order chi connectivity index (χ0) is 30.3. The molecule has 0 saturated heterocycles. The van der Waals surface area contributed by atoms with Crippen LogP contribution in [-0.2, 0) is 19.3 Å². The SMILES string of the molecule is CC(C)CCCC1=CCc2ccccc21.CC(C)CCc1ccccc1.COc1ccc2c(c1)C(CCC(C)C)=CC2. The van der Waals surface area contributed by atoms with Crippen molar-refractivity contribution in [1.29, 1.82) is 0 Å². The molecule has 0 amide bonds. The fourth-order valence-corrected chi connectivity index (χ4v) is 5.58. The lowest BCUT2D eigenvalue weighted by atomic mass is 9.98. The van der Waals surface area contributed by atoms with Crippen molar-refractivity contribution in [3.63, 3.8) is 0 Å². The highest BCUT2D eigenvalue weighted by Crippen LogP contribution is 2.34. The smallest absolute Gasteiger partial charge is 0.119 e. The van der Waals surface area contributed by atoms with E-state index in [1.807, 2.05) is 0 Å². The van der Waals surface area contributed by atoms with Crippen LogP contribution in [-0.4, -0.2) is 7.11 Å². The highest BCUT2D eigenvalue weighted by molar-refractivity contribution is 5.74. The van der Waals surface area contributed by atoms with Gasteiger partial charge in [-0.1, -0.05) is 121 Å².